The Morgan fingerprint density at radius 3 is 2.67 bits per heavy atom. The molecule has 2 aliphatic carbocycles. The van der Waals surface area contributed by atoms with Gasteiger partial charge in [0, 0.05) is 31.6 Å². The van der Waals surface area contributed by atoms with Crippen molar-refractivity contribution in [1.29, 1.82) is 5.26 Å². The van der Waals surface area contributed by atoms with Gasteiger partial charge in [0.2, 0.25) is 0 Å². The van der Waals surface area contributed by atoms with Gasteiger partial charge >= 0.3 is 0 Å². The largest absolute Gasteiger partial charge is 0.378 e. The van der Waals surface area contributed by atoms with Crippen LogP contribution in [0.15, 0.2) is 30.7 Å². The van der Waals surface area contributed by atoms with Crippen molar-refractivity contribution in [3.63, 3.8) is 0 Å². The summed E-state index contributed by atoms with van der Waals surface area (Å²) in [4.78, 5) is 4.76. The number of anilines is 1. The van der Waals surface area contributed by atoms with Crippen LogP contribution in [0.3, 0.4) is 0 Å². The second-order valence-electron chi connectivity index (χ2n) is 10.3. The van der Waals surface area contributed by atoms with E-state index in [2.05, 4.69) is 49.9 Å². The van der Waals surface area contributed by atoms with Crippen LogP contribution >= 0.6 is 11.6 Å². The van der Waals surface area contributed by atoms with Crippen LogP contribution in [0.4, 0.5) is 5.69 Å². The molecule has 2 aliphatic heterocycles. The Labute approximate surface area is 197 Å². The number of rotatable bonds is 4. The molecule has 4 heterocycles. The van der Waals surface area contributed by atoms with Gasteiger partial charge in [-0.2, -0.15) is 15.5 Å². The smallest absolute Gasteiger partial charge is 0.103 e. The highest BCUT2D eigenvalue weighted by molar-refractivity contribution is 6.34. The van der Waals surface area contributed by atoms with Crippen molar-refractivity contribution < 1.29 is 4.74 Å². The first kappa shape index (κ1) is 19.8. The van der Waals surface area contributed by atoms with Crippen LogP contribution < -0.4 is 4.90 Å². The van der Waals surface area contributed by atoms with E-state index in [0.717, 1.165) is 59.4 Å². The minimum absolute atomic E-state index is 0.0830. The zero-order chi connectivity index (χ0) is 22.4. The number of piperazine rings is 1. The van der Waals surface area contributed by atoms with E-state index in [4.69, 9.17) is 16.3 Å². The molecule has 4 fully saturated rings. The minimum atomic E-state index is -0.213. The lowest BCUT2D eigenvalue weighted by atomic mass is 9.87. The van der Waals surface area contributed by atoms with E-state index in [9.17, 15) is 5.26 Å². The van der Waals surface area contributed by atoms with Crippen molar-refractivity contribution in [3.05, 3.63) is 35.7 Å². The van der Waals surface area contributed by atoms with E-state index in [1.807, 2.05) is 23.1 Å². The SMILES string of the molecule is C[C@]1(N2CCN(c3cc4c(cnn4-c4cnn(C56CC5C6)c4)cc3Cl)CC2)COC[C@H]1C#N. The Kier molecular flexibility index (Phi) is 4.04. The molecule has 7 rings (SSSR count). The fourth-order valence-electron chi connectivity index (χ4n) is 5.81. The highest BCUT2D eigenvalue weighted by Crippen LogP contribution is 2.72. The van der Waals surface area contributed by atoms with Gasteiger partial charge in [-0.1, -0.05) is 11.6 Å². The second-order valence-corrected chi connectivity index (χ2v) is 10.7. The van der Waals surface area contributed by atoms with Crippen molar-refractivity contribution in [1.82, 2.24) is 24.5 Å². The molecule has 8 nitrogen and oxygen atoms in total. The highest BCUT2D eigenvalue weighted by Gasteiger charge is 2.72. The van der Waals surface area contributed by atoms with E-state index in [1.54, 1.807) is 0 Å². The Balaban J connectivity index is 1.15. The van der Waals surface area contributed by atoms with Crippen LogP contribution in [0.1, 0.15) is 19.8 Å². The lowest BCUT2D eigenvalue weighted by molar-refractivity contribution is 0.0655. The Bertz CT molecular complexity index is 1290. The predicted molar refractivity (Wildman–Crippen MR) is 125 cm³/mol. The average molecular weight is 464 g/mol. The Morgan fingerprint density at radius 1 is 1.15 bits per heavy atom. The second kappa shape index (κ2) is 6.72. The number of fused-ring (bicyclic) bond motifs is 2. The fourth-order valence-corrected chi connectivity index (χ4v) is 6.10. The first-order valence-electron chi connectivity index (χ1n) is 11.7. The third-order valence-corrected chi connectivity index (χ3v) is 8.78. The normalized spacial score (nSPS) is 33.3. The minimum Gasteiger partial charge on any atom is -0.378 e. The molecular weight excluding hydrogens is 438 g/mol. The van der Waals surface area contributed by atoms with Gasteiger partial charge in [-0.3, -0.25) is 9.58 Å². The number of nitrogens with zero attached hydrogens (tertiary/aromatic N) is 7. The van der Waals surface area contributed by atoms with Crippen molar-refractivity contribution in [3.8, 4) is 11.8 Å². The predicted octanol–water partition coefficient (Wildman–Crippen LogP) is 3.04. The molecule has 9 heteroatoms. The van der Waals surface area contributed by atoms with Crippen LogP contribution in [-0.4, -0.2) is 69.4 Å². The number of benzene rings is 1. The summed E-state index contributed by atoms with van der Waals surface area (Å²) in [5.74, 6) is 0.755. The molecule has 2 atom stereocenters. The molecule has 0 bridgehead atoms. The third-order valence-electron chi connectivity index (χ3n) is 8.47. The van der Waals surface area contributed by atoms with Gasteiger partial charge in [0.1, 0.15) is 5.69 Å². The maximum absolute atomic E-state index is 9.55. The molecule has 1 aromatic carbocycles. The van der Waals surface area contributed by atoms with E-state index >= 15 is 0 Å². The van der Waals surface area contributed by atoms with Gasteiger partial charge in [-0.15, -0.1) is 0 Å². The monoisotopic (exact) mass is 463 g/mol. The number of aromatic nitrogens is 4. The van der Waals surface area contributed by atoms with Gasteiger partial charge in [-0.25, -0.2) is 4.68 Å². The van der Waals surface area contributed by atoms with Crippen molar-refractivity contribution >= 4 is 28.2 Å². The van der Waals surface area contributed by atoms with Gasteiger partial charge in [0.05, 0.1) is 71.1 Å². The van der Waals surface area contributed by atoms with Crippen molar-refractivity contribution in [2.75, 3.05) is 44.3 Å². The maximum atomic E-state index is 9.55. The van der Waals surface area contributed by atoms with Crippen LogP contribution in [0.25, 0.3) is 16.6 Å². The van der Waals surface area contributed by atoms with Crippen molar-refractivity contribution in [2.24, 2.45) is 11.8 Å². The molecule has 170 valence electrons. The van der Waals surface area contributed by atoms with E-state index in [0.29, 0.717) is 18.8 Å². The quantitative estimate of drug-likeness (QED) is 0.592. The van der Waals surface area contributed by atoms with Crippen LogP contribution in [0.2, 0.25) is 5.02 Å². The van der Waals surface area contributed by atoms with Crippen LogP contribution in [-0.2, 0) is 10.3 Å². The zero-order valence-electron chi connectivity index (χ0n) is 18.6. The summed E-state index contributed by atoms with van der Waals surface area (Å²) < 4.78 is 9.76. The molecule has 33 heavy (non-hydrogen) atoms. The molecule has 2 saturated heterocycles. The summed E-state index contributed by atoms with van der Waals surface area (Å²) in [6.07, 6.45) is 8.44. The highest BCUT2D eigenvalue weighted by atomic mass is 35.5. The Hall–Kier alpha value is -2.60. The number of nitriles is 1. The summed E-state index contributed by atoms with van der Waals surface area (Å²) in [6, 6.07) is 6.62. The lowest BCUT2D eigenvalue weighted by Crippen LogP contribution is -2.58. The van der Waals surface area contributed by atoms with Gasteiger partial charge < -0.3 is 9.64 Å². The number of halogens is 1. The molecule has 2 aromatic heterocycles. The van der Waals surface area contributed by atoms with E-state index in [-0.39, 0.29) is 11.5 Å². The fraction of sp³-hybridized carbons (Fsp3) is 0.542. The standard InChI is InChI=1S/C24H26ClN7O/c1-23(15-33-14-18(23)10-26)30-4-2-29(3-5-30)22-7-21-16(6-20(22)25)11-28-32(21)19-12-27-31(13-19)24-8-17(24)9-24/h6-7,11-13,17-18H,2-5,8-9,14-15H2,1H3/t17?,18-,23+,24?/m1/s1. The van der Waals surface area contributed by atoms with E-state index < -0.39 is 0 Å². The molecule has 0 N–H and O–H groups in total. The van der Waals surface area contributed by atoms with Crippen LogP contribution in [0, 0.1) is 23.2 Å². The first-order valence-corrected chi connectivity index (χ1v) is 12.1. The van der Waals surface area contributed by atoms with Gasteiger partial charge in [-0.05, 0) is 37.8 Å². The van der Waals surface area contributed by atoms with E-state index in [1.165, 1.54) is 12.8 Å². The summed E-state index contributed by atoms with van der Waals surface area (Å²) in [5, 5.41) is 20.6. The molecule has 0 radical (unpaired) electrons. The lowest BCUT2D eigenvalue weighted by Gasteiger charge is -2.45. The molecule has 4 aliphatic rings. The number of hydrogen-bond donors (Lipinski definition) is 0. The van der Waals surface area contributed by atoms with Crippen molar-refractivity contribution in [2.45, 2.75) is 30.8 Å². The maximum Gasteiger partial charge on any atom is 0.103 e. The molecule has 3 aromatic rings. The summed E-state index contributed by atoms with van der Waals surface area (Å²) in [7, 11) is 0. The van der Waals surface area contributed by atoms with Gasteiger partial charge in [0.25, 0.3) is 0 Å². The molecule has 0 spiro atoms. The zero-order valence-corrected chi connectivity index (χ0v) is 19.4. The molecule has 0 unspecified atom stereocenters. The average Bonchev–Trinajstić information content (AvgIpc) is 3.42. The number of ether oxygens (including phenoxy) is 1. The third kappa shape index (κ3) is 2.82. The topological polar surface area (TPSA) is 75.1 Å². The summed E-state index contributed by atoms with van der Waals surface area (Å²) in [5.41, 5.74) is 3.17. The summed E-state index contributed by atoms with van der Waals surface area (Å²) in [6.45, 7) is 6.77. The number of hydrogen-bond acceptors (Lipinski definition) is 6. The molecule has 2 saturated carbocycles. The van der Waals surface area contributed by atoms with Gasteiger partial charge in [0.15, 0.2) is 0 Å². The summed E-state index contributed by atoms with van der Waals surface area (Å²) >= 11 is 6.73. The Morgan fingerprint density at radius 2 is 1.94 bits per heavy atom. The first-order chi connectivity index (χ1) is 16.0. The molecular formula is C24H26ClN7O. The van der Waals surface area contributed by atoms with Crippen LogP contribution in [0.5, 0.6) is 0 Å². The molecule has 0 amide bonds.